The molecule has 0 fully saturated rings. The largest absolute Gasteiger partial charge is 0.362 e. The zero-order valence-corrected chi connectivity index (χ0v) is 13.5. The molecule has 0 saturated heterocycles. The van der Waals surface area contributed by atoms with Crippen LogP contribution in [0.25, 0.3) is 0 Å². The van der Waals surface area contributed by atoms with E-state index in [1.54, 1.807) is 0 Å². The molecule has 110 valence electrons. The van der Waals surface area contributed by atoms with E-state index in [-0.39, 0.29) is 0 Å². The number of thiocarbonyl (C=S) groups is 1. The maximum atomic E-state index is 5.40. The normalized spacial score (nSPS) is 10.2. The Morgan fingerprint density at radius 2 is 1.81 bits per heavy atom. The van der Waals surface area contributed by atoms with Crippen LogP contribution in [0.2, 0.25) is 0 Å². The summed E-state index contributed by atoms with van der Waals surface area (Å²) in [6.07, 6.45) is 1.97. The molecule has 2 rings (SSSR count). The lowest BCUT2D eigenvalue weighted by molar-refractivity contribution is 0.873. The van der Waals surface area contributed by atoms with Crippen LogP contribution in [-0.2, 0) is 12.8 Å². The van der Waals surface area contributed by atoms with E-state index < -0.39 is 0 Å². The summed E-state index contributed by atoms with van der Waals surface area (Å²) in [4.78, 5) is 0. The molecular weight excluding hydrogens is 276 g/mol. The average molecular weight is 298 g/mol. The Kier molecular flexibility index (Phi) is 5.76. The van der Waals surface area contributed by atoms with E-state index >= 15 is 0 Å². The van der Waals surface area contributed by atoms with Crippen molar-refractivity contribution in [2.24, 2.45) is 0 Å². The monoisotopic (exact) mass is 298 g/mol. The van der Waals surface area contributed by atoms with Crippen LogP contribution in [0.4, 0.5) is 5.69 Å². The van der Waals surface area contributed by atoms with Crippen LogP contribution in [0.5, 0.6) is 0 Å². The molecule has 0 amide bonds. The summed E-state index contributed by atoms with van der Waals surface area (Å²) < 4.78 is 0. The molecule has 0 spiro atoms. The fraction of sp³-hybridized carbons (Fsp3) is 0.278. The minimum Gasteiger partial charge on any atom is -0.362 e. The third-order valence-corrected chi connectivity index (χ3v) is 3.77. The van der Waals surface area contributed by atoms with Crippen molar-refractivity contribution < 1.29 is 0 Å². The number of hydrogen-bond donors (Lipinski definition) is 2. The van der Waals surface area contributed by atoms with Crippen molar-refractivity contribution in [3.05, 3.63) is 65.2 Å². The van der Waals surface area contributed by atoms with E-state index in [0.717, 1.165) is 25.1 Å². The molecule has 3 heteroatoms. The van der Waals surface area contributed by atoms with Crippen molar-refractivity contribution in [3.63, 3.8) is 0 Å². The minimum atomic E-state index is 0.690. The zero-order valence-electron chi connectivity index (χ0n) is 12.6. The van der Waals surface area contributed by atoms with E-state index in [2.05, 4.69) is 66.9 Å². The molecule has 2 N–H and O–H groups in total. The molecule has 0 unspecified atom stereocenters. The molecule has 0 radical (unpaired) electrons. The molecule has 0 aliphatic rings. The van der Waals surface area contributed by atoms with Crippen LogP contribution >= 0.6 is 12.2 Å². The van der Waals surface area contributed by atoms with Crippen LogP contribution in [0.3, 0.4) is 0 Å². The van der Waals surface area contributed by atoms with E-state index in [1.807, 2.05) is 6.07 Å². The van der Waals surface area contributed by atoms with Crippen LogP contribution < -0.4 is 10.6 Å². The number of nitrogens with one attached hydrogen (secondary N) is 2. The van der Waals surface area contributed by atoms with Crippen molar-refractivity contribution in [2.75, 3.05) is 11.9 Å². The fourth-order valence-corrected chi connectivity index (χ4v) is 2.53. The SMILES string of the molecule is CCc1cccc(C)c1NC(=S)NCCc1ccccc1. The second-order valence-corrected chi connectivity index (χ2v) is 5.49. The molecule has 2 aromatic rings. The van der Waals surface area contributed by atoms with Gasteiger partial charge in [-0.1, -0.05) is 55.5 Å². The second-order valence-electron chi connectivity index (χ2n) is 5.08. The minimum absolute atomic E-state index is 0.690. The average Bonchev–Trinajstić information content (AvgIpc) is 2.50. The Hall–Kier alpha value is -1.87. The topological polar surface area (TPSA) is 24.1 Å². The first-order valence-electron chi connectivity index (χ1n) is 7.38. The van der Waals surface area contributed by atoms with E-state index in [9.17, 15) is 0 Å². The summed E-state index contributed by atoms with van der Waals surface area (Å²) >= 11 is 5.40. The van der Waals surface area contributed by atoms with Gasteiger partial charge in [-0.15, -0.1) is 0 Å². The first kappa shape index (κ1) is 15.5. The Bertz CT molecular complexity index is 593. The predicted octanol–water partition coefficient (Wildman–Crippen LogP) is 4.09. The fourth-order valence-electron chi connectivity index (χ4n) is 2.32. The summed E-state index contributed by atoms with van der Waals surface area (Å²) in [5.41, 5.74) is 4.97. The Balaban J connectivity index is 1.88. The van der Waals surface area contributed by atoms with Crippen LogP contribution in [0.1, 0.15) is 23.6 Å². The van der Waals surface area contributed by atoms with Gasteiger partial charge in [0.05, 0.1) is 0 Å². The summed E-state index contributed by atoms with van der Waals surface area (Å²) in [6, 6.07) is 16.8. The van der Waals surface area contributed by atoms with Gasteiger partial charge in [0.1, 0.15) is 0 Å². The molecule has 0 saturated carbocycles. The highest BCUT2D eigenvalue weighted by Gasteiger charge is 2.05. The number of benzene rings is 2. The summed E-state index contributed by atoms with van der Waals surface area (Å²) in [5, 5.41) is 7.30. The molecule has 0 atom stereocenters. The van der Waals surface area contributed by atoms with Gasteiger partial charge in [-0.3, -0.25) is 0 Å². The lowest BCUT2D eigenvalue weighted by atomic mass is 10.1. The summed E-state index contributed by atoms with van der Waals surface area (Å²) in [5.74, 6) is 0. The third-order valence-electron chi connectivity index (χ3n) is 3.52. The number of anilines is 1. The molecule has 0 heterocycles. The molecule has 21 heavy (non-hydrogen) atoms. The molecule has 0 aliphatic carbocycles. The van der Waals surface area contributed by atoms with Gasteiger partial charge in [-0.25, -0.2) is 0 Å². The zero-order chi connectivity index (χ0) is 15.1. The Labute approximate surface area is 132 Å². The Morgan fingerprint density at radius 3 is 2.52 bits per heavy atom. The highest BCUT2D eigenvalue weighted by molar-refractivity contribution is 7.80. The lowest BCUT2D eigenvalue weighted by Gasteiger charge is -2.15. The maximum absolute atomic E-state index is 5.40. The molecule has 2 nitrogen and oxygen atoms in total. The van der Waals surface area contributed by atoms with Gasteiger partial charge in [0.15, 0.2) is 5.11 Å². The number of rotatable bonds is 5. The van der Waals surface area contributed by atoms with Gasteiger partial charge in [-0.2, -0.15) is 0 Å². The van der Waals surface area contributed by atoms with E-state index in [0.29, 0.717) is 5.11 Å². The second kappa shape index (κ2) is 7.79. The van der Waals surface area contributed by atoms with Crippen LogP contribution in [-0.4, -0.2) is 11.7 Å². The van der Waals surface area contributed by atoms with Gasteiger partial charge >= 0.3 is 0 Å². The summed E-state index contributed by atoms with van der Waals surface area (Å²) in [6.45, 7) is 5.10. The molecule has 0 bridgehead atoms. The van der Waals surface area contributed by atoms with Crippen molar-refractivity contribution in [3.8, 4) is 0 Å². The number of hydrogen-bond acceptors (Lipinski definition) is 1. The highest BCUT2D eigenvalue weighted by Crippen LogP contribution is 2.20. The van der Waals surface area contributed by atoms with Gasteiger partial charge in [0.2, 0.25) is 0 Å². The highest BCUT2D eigenvalue weighted by atomic mass is 32.1. The third kappa shape index (κ3) is 4.57. The molecule has 2 aromatic carbocycles. The standard InChI is InChI=1S/C18H22N2S/c1-3-16-11-7-8-14(2)17(16)20-18(21)19-13-12-15-9-5-4-6-10-15/h4-11H,3,12-13H2,1-2H3,(H2,19,20,21). The van der Waals surface area contributed by atoms with Crippen molar-refractivity contribution in [1.29, 1.82) is 0 Å². The van der Waals surface area contributed by atoms with E-state index in [1.165, 1.54) is 16.7 Å². The van der Waals surface area contributed by atoms with Gasteiger partial charge in [-0.05, 0) is 48.7 Å². The molecule has 0 aliphatic heterocycles. The first-order valence-corrected chi connectivity index (χ1v) is 7.78. The van der Waals surface area contributed by atoms with Gasteiger partial charge in [0.25, 0.3) is 0 Å². The maximum Gasteiger partial charge on any atom is 0.170 e. The lowest BCUT2D eigenvalue weighted by Crippen LogP contribution is -2.30. The quantitative estimate of drug-likeness (QED) is 0.813. The number of aryl methyl sites for hydroxylation is 2. The molecule has 0 aromatic heterocycles. The molecular formula is C18H22N2S. The summed E-state index contributed by atoms with van der Waals surface area (Å²) in [7, 11) is 0. The van der Waals surface area contributed by atoms with Gasteiger partial charge in [0, 0.05) is 12.2 Å². The van der Waals surface area contributed by atoms with Crippen LogP contribution in [0.15, 0.2) is 48.5 Å². The van der Waals surface area contributed by atoms with Crippen molar-refractivity contribution in [1.82, 2.24) is 5.32 Å². The number of para-hydroxylation sites is 1. The van der Waals surface area contributed by atoms with E-state index in [4.69, 9.17) is 12.2 Å². The van der Waals surface area contributed by atoms with Crippen molar-refractivity contribution >= 4 is 23.0 Å². The van der Waals surface area contributed by atoms with Gasteiger partial charge < -0.3 is 10.6 Å². The van der Waals surface area contributed by atoms with Crippen LogP contribution in [0, 0.1) is 6.92 Å². The predicted molar refractivity (Wildman–Crippen MR) is 94.9 cm³/mol. The Morgan fingerprint density at radius 1 is 1.05 bits per heavy atom. The first-order chi connectivity index (χ1) is 10.2. The van der Waals surface area contributed by atoms with Crippen molar-refractivity contribution in [2.45, 2.75) is 26.7 Å². The smallest absolute Gasteiger partial charge is 0.170 e.